The van der Waals surface area contributed by atoms with Crippen LogP contribution in [0.1, 0.15) is 26.0 Å². The number of hydrogen-bond acceptors (Lipinski definition) is 3. The van der Waals surface area contributed by atoms with E-state index in [9.17, 15) is 4.79 Å². The Morgan fingerprint density at radius 3 is 2.76 bits per heavy atom. The van der Waals surface area contributed by atoms with E-state index in [0.29, 0.717) is 12.3 Å². The highest BCUT2D eigenvalue weighted by Crippen LogP contribution is 2.06. The lowest BCUT2D eigenvalue weighted by atomic mass is 10.0. The zero-order chi connectivity index (χ0) is 12.7. The van der Waals surface area contributed by atoms with Crippen molar-refractivity contribution < 1.29 is 9.90 Å². The Labute approximate surface area is 102 Å². The molecule has 4 heteroatoms. The molecule has 0 aliphatic rings. The van der Waals surface area contributed by atoms with Crippen LogP contribution in [-0.2, 0) is 11.2 Å². The first-order valence-electron chi connectivity index (χ1n) is 5.93. The Kier molecular flexibility index (Phi) is 5.63. The molecule has 1 rings (SSSR count). The fourth-order valence-corrected chi connectivity index (χ4v) is 1.64. The molecule has 1 amide bonds. The van der Waals surface area contributed by atoms with Crippen molar-refractivity contribution in [2.45, 2.75) is 32.7 Å². The summed E-state index contributed by atoms with van der Waals surface area (Å²) in [5.41, 5.74) is 0.761. The van der Waals surface area contributed by atoms with Gasteiger partial charge in [-0.15, -0.1) is 0 Å². The lowest BCUT2D eigenvalue weighted by Crippen LogP contribution is -2.40. The van der Waals surface area contributed by atoms with Crippen molar-refractivity contribution in [1.29, 1.82) is 0 Å². The summed E-state index contributed by atoms with van der Waals surface area (Å²) in [5.74, 6) is 0.269. The highest BCUT2D eigenvalue weighted by Gasteiger charge is 2.15. The Morgan fingerprint density at radius 1 is 1.47 bits per heavy atom. The van der Waals surface area contributed by atoms with Gasteiger partial charge >= 0.3 is 0 Å². The number of rotatable bonds is 6. The molecule has 1 unspecified atom stereocenters. The smallest absolute Gasteiger partial charge is 0.226 e. The molecule has 0 saturated carbocycles. The van der Waals surface area contributed by atoms with Crippen LogP contribution in [0.2, 0.25) is 0 Å². The average molecular weight is 236 g/mol. The van der Waals surface area contributed by atoms with Crippen molar-refractivity contribution in [1.82, 2.24) is 10.3 Å². The Bertz CT molecular complexity index is 339. The first-order chi connectivity index (χ1) is 8.13. The number of aromatic nitrogens is 1. The SMILES string of the molecule is CC(C)C(CCO)NC(=O)Cc1ccccn1. The molecule has 0 aliphatic carbocycles. The average Bonchev–Trinajstić information content (AvgIpc) is 2.29. The van der Waals surface area contributed by atoms with Gasteiger partial charge in [0.15, 0.2) is 0 Å². The van der Waals surface area contributed by atoms with E-state index in [0.717, 1.165) is 5.69 Å². The minimum atomic E-state index is -0.0455. The van der Waals surface area contributed by atoms with E-state index in [1.807, 2.05) is 32.0 Å². The molecule has 1 heterocycles. The van der Waals surface area contributed by atoms with Crippen LogP contribution in [0, 0.1) is 5.92 Å². The van der Waals surface area contributed by atoms with Crippen LogP contribution < -0.4 is 5.32 Å². The zero-order valence-electron chi connectivity index (χ0n) is 10.4. The molecule has 0 radical (unpaired) electrons. The van der Waals surface area contributed by atoms with Crippen LogP contribution in [0.4, 0.5) is 0 Å². The molecule has 1 atom stereocenters. The number of amides is 1. The molecule has 2 N–H and O–H groups in total. The maximum atomic E-state index is 11.8. The molecule has 0 fully saturated rings. The van der Waals surface area contributed by atoms with E-state index in [2.05, 4.69) is 10.3 Å². The van der Waals surface area contributed by atoms with Crippen LogP contribution >= 0.6 is 0 Å². The van der Waals surface area contributed by atoms with Crippen LogP contribution in [0.5, 0.6) is 0 Å². The number of carbonyl (C=O) groups is 1. The Morgan fingerprint density at radius 2 is 2.24 bits per heavy atom. The van der Waals surface area contributed by atoms with Gasteiger partial charge in [-0.1, -0.05) is 19.9 Å². The van der Waals surface area contributed by atoms with Gasteiger partial charge in [-0.05, 0) is 24.5 Å². The monoisotopic (exact) mass is 236 g/mol. The molecular weight excluding hydrogens is 216 g/mol. The van der Waals surface area contributed by atoms with Crippen LogP contribution in [-0.4, -0.2) is 28.6 Å². The lowest BCUT2D eigenvalue weighted by molar-refractivity contribution is -0.121. The summed E-state index contributed by atoms with van der Waals surface area (Å²) < 4.78 is 0. The van der Waals surface area contributed by atoms with Gasteiger partial charge in [-0.3, -0.25) is 9.78 Å². The molecule has 17 heavy (non-hydrogen) atoms. The summed E-state index contributed by atoms with van der Waals surface area (Å²) in [6.45, 7) is 4.15. The second kappa shape index (κ2) is 7.01. The maximum absolute atomic E-state index is 11.8. The number of pyridine rings is 1. The van der Waals surface area contributed by atoms with Gasteiger partial charge in [-0.2, -0.15) is 0 Å². The van der Waals surface area contributed by atoms with E-state index in [4.69, 9.17) is 5.11 Å². The number of aliphatic hydroxyl groups is 1. The second-order valence-electron chi connectivity index (χ2n) is 4.43. The van der Waals surface area contributed by atoms with Crippen molar-refractivity contribution in [2.24, 2.45) is 5.92 Å². The van der Waals surface area contributed by atoms with Crippen molar-refractivity contribution in [2.75, 3.05) is 6.61 Å². The molecule has 0 spiro atoms. The van der Waals surface area contributed by atoms with E-state index < -0.39 is 0 Å². The topological polar surface area (TPSA) is 62.2 Å². The molecule has 1 aromatic heterocycles. The Balaban J connectivity index is 2.48. The number of carbonyl (C=O) groups excluding carboxylic acids is 1. The second-order valence-corrected chi connectivity index (χ2v) is 4.43. The van der Waals surface area contributed by atoms with Crippen LogP contribution in [0.15, 0.2) is 24.4 Å². The zero-order valence-corrected chi connectivity index (χ0v) is 10.4. The third-order valence-electron chi connectivity index (χ3n) is 2.66. The molecule has 0 aromatic carbocycles. The molecule has 4 nitrogen and oxygen atoms in total. The summed E-state index contributed by atoms with van der Waals surface area (Å²) in [6.07, 6.45) is 2.55. The van der Waals surface area contributed by atoms with Crippen molar-refractivity contribution >= 4 is 5.91 Å². The highest BCUT2D eigenvalue weighted by molar-refractivity contribution is 5.78. The van der Waals surface area contributed by atoms with Crippen LogP contribution in [0.25, 0.3) is 0 Å². The number of hydrogen-bond donors (Lipinski definition) is 2. The fraction of sp³-hybridized carbons (Fsp3) is 0.538. The van der Waals surface area contributed by atoms with Gasteiger partial charge in [0, 0.05) is 24.5 Å². The van der Waals surface area contributed by atoms with Gasteiger partial charge in [0.25, 0.3) is 0 Å². The molecule has 94 valence electrons. The molecular formula is C13H20N2O2. The van der Waals surface area contributed by atoms with Gasteiger partial charge in [-0.25, -0.2) is 0 Å². The highest BCUT2D eigenvalue weighted by atomic mass is 16.3. The largest absolute Gasteiger partial charge is 0.396 e. The predicted molar refractivity (Wildman–Crippen MR) is 66.4 cm³/mol. The first-order valence-corrected chi connectivity index (χ1v) is 5.93. The standard InChI is InChI=1S/C13H20N2O2/c1-10(2)12(6-8-16)15-13(17)9-11-5-3-4-7-14-11/h3-5,7,10,12,16H,6,8-9H2,1-2H3,(H,15,17). The summed E-state index contributed by atoms with van der Waals surface area (Å²) in [7, 11) is 0. The van der Waals surface area contributed by atoms with Gasteiger partial charge in [0.1, 0.15) is 0 Å². The van der Waals surface area contributed by atoms with Gasteiger partial charge in [0.2, 0.25) is 5.91 Å². The van der Waals surface area contributed by atoms with Gasteiger partial charge < -0.3 is 10.4 Å². The first kappa shape index (κ1) is 13.6. The Hall–Kier alpha value is -1.42. The minimum absolute atomic E-state index is 0.0243. The lowest BCUT2D eigenvalue weighted by Gasteiger charge is -2.21. The molecule has 0 bridgehead atoms. The fourth-order valence-electron chi connectivity index (χ4n) is 1.64. The number of nitrogens with one attached hydrogen (secondary N) is 1. The van der Waals surface area contributed by atoms with E-state index >= 15 is 0 Å². The van der Waals surface area contributed by atoms with Crippen molar-refractivity contribution in [3.05, 3.63) is 30.1 Å². The third-order valence-corrected chi connectivity index (χ3v) is 2.66. The molecule has 0 aliphatic heterocycles. The van der Waals surface area contributed by atoms with Crippen LogP contribution in [0.3, 0.4) is 0 Å². The normalized spacial score (nSPS) is 12.5. The third kappa shape index (κ3) is 4.95. The number of aliphatic hydroxyl groups excluding tert-OH is 1. The van der Waals surface area contributed by atoms with E-state index in [-0.39, 0.29) is 25.0 Å². The summed E-state index contributed by atoms with van der Waals surface area (Å²) in [5, 5.41) is 11.9. The van der Waals surface area contributed by atoms with E-state index in [1.165, 1.54) is 0 Å². The number of nitrogens with zero attached hydrogens (tertiary/aromatic N) is 1. The van der Waals surface area contributed by atoms with E-state index in [1.54, 1.807) is 6.20 Å². The summed E-state index contributed by atoms with van der Waals surface area (Å²) in [6, 6.07) is 5.54. The maximum Gasteiger partial charge on any atom is 0.226 e. The molecule has 0 saturated heterocycles. The minimum Gasteiger partial charge on any atom is -0.396 e. The van der Waals surface area contributed by atoms with Crippen molar-refractivity contribution in [3.63, 3.8) is 0 Å². The van der Waals surface area contributed by atoms with Crippen molar-refractivity contribution in [3.8, 4) is 0 Å². The summed E-state index contributed by atoms with van der Waals surface area (Å²) >= 11 is 0. The quantitative estimate of drug-likeness (QED) is 0.778. The predicted octanol–water partition coefficient (Wildman–Crippen LogP) is 1.15. The van der Waals surface area contributed by atoms with Gasteiger partial charge in [0.05, 0.1) is 6.42 Å². The summed E-state index contributed by atoms with van der Waals surface area (Å²) in [4.78, 5) is 15.9. The molecule has 1 aromatic rings.